The number of carbonyl (C=O) groups is 3. The van der Waals surface area contributed by atoms with E-state index in [1.807, 2.05) is 34.6 Å². The second kappa shape index (κ2) is 12.4. The van der Waals surface area contributed by atoms with Crippen LogP contribution in [0.3, 0.4) is 0 Å². The summed E-state index contributed by atoms with van der Waals surface area (Å²) in [4.78, 5) is 38.8. The molecule has 8 heteroatoms. The molecular weight excluding hydrogens is 486 g/mol. The van der Waals surface area contributed by atoms with E-state index in [2.05, 4.69) is 0 Å². The van der Waals surface area contributed by atoms with Crippen LogP contribution in [-0.2, 0) is 0 Å². The SMILES string of the molecule is CCOc1ccc(C(=O)Oc2ccc(C(=O)C(N)C(C)(C)C)cc2OC(=O)c2ccc(OCC)cc2)cc1. The van der Waals surface area contributed by atoms with E-state index in [0.717, 1.165) is 0 Å². The first-order chi connectivity index (χ1) is 18.0. The van der Waals surface area contributed by atoms with Crippen molar-refractivity contribution in [1.29, 1.82) is 0 Å². The minimum Gasteiger partial charge on any atom is -0.494 e. The molecule has 3 rings (SSSR count). The predicted molar refractivity (Wildman–Crippen MR) is 143 cm³/mol. The van der Waals surface area contributed by atoms with Gasteiger partial charge < -0.3 is 24.7 Å². The summed E-state index contributed by atoms with van der Waals surface area (Å²) in [6.45, 7) is 10.3. The van der Waals surface area contributed by atoms with E-state index in [9.17, 15) is 14.4 Å². The molecule has 0 aliphatic heterocycles. The lowest BCUT2D eigenvalue weighted by molar-refractivity contribution is 0.0682. The highest BCUT2D eigenvalue weighted by molar-refractivity contribution is 6.01. The maximum atomic E-state index is 13.0. The van der Waals surface area contributed by atoms with Gasteiger partial charge in [0.1, 0.15) is 11.5 Å². The highest BCUT2D eigenvalue weighted by Crippen LogP contribution is 2.32. The predicted octanol–water partition coefficient (Wildman–Crippen LogP) is 5.48. The zero-order chi connectivity index (χ0) is 27.9. The van der Waals surface area contributed by atoms with Gasteiger partial charge in [0.05, 0.1) is 30.4 Å². The molecule has 3 aromatic rings. The van der Waals surface area contributed by atoms with Gasteiger partial charge in [0, 0.05) is 5.56 Å². The number of hydrogen-bond acceptors (Lipinski definition) is 8. The molecule has 0 heterocycles. The van der Waals surface area contributed by atoms with Crippen LogP contribution in [0.2, 0.25) is 0 Å². The third-order valence-corrected chi connectivity index (χ3v) is 5.65. The van der Waals surface area contributed by atoms with Gasteiger partial charge in [-0.25, -0.2) is 9.59 Å². The van der Waals surface area contributed by atoms with E-state index in [4.69, 9.17) is 24.7 Å². The fourth-order valence-electron chi connectivity index (χ4n) is 3.42. The van der Waals surface area contributed by atoms with Crippen molar-refractivity contribution in [3.05, 3.63) is 83.4 Å². The van der Waals surface area contributed by atoms with Crippen molar-refractivity contribution in [3.8, 4) is 23.0 Å². The molecule has 0 spiro atoms. The second-order valence-corrected chi connectivity index (χ2v) is 9.56. The van der Waals surface area contributed by atoms with Gasteiger partial charge in [-0.2, -0.15) is 0 Å². The van der Waals surface area contributed by atoms with E-state index in [0.29, 0.717) is 24.7 Å². The maximum absolute atomic E-state index is 13.0. The van der Waals surface area contributed by atoms with E-state index >= 15 is 0 Å². The Balaban J connectivity index is 1.91. The summed E-state index contributed by atoms with van der Waals surface area (Å²) in [6, 6.07) is 16.3. The van der Waals surface area contributed by atoms with Crippen molar-refractivity contribution in [3.63, 3.8) is 0 Å². The van der Waals surface area contributed by atoms with Crippen LogP contribution in [0, 0.1) is 5.41 Å². The van der Waals surface area contributed by atoms with Crippen LogP contribution in [0.15, 0.2) is 66.7 Å². The third kappa shape index (κ3) is 7.20. The van der Waals surface area contributed by atoms with Crippen LogP contribution in [-0.4, -0.2) is 37.0 Å². The van der Waals surface area contributed by atoms with Crippen LogP contribution in [0.1, 0.15) is 65.7 Å². The Hall–Kier alpha value is -4.17. The van der Waals surface area contributed by atoms with Gasteiger partial charge >= 0.3 is 11.9 Å². The van der Waals surface area contributed by atoms with Crippen molar-refractivity contribution >= 4 is 17.7 Å². The first-order valence-electron chi connectivity index (χ1n) is 12.4. The Morgan fingerprint density at radius 2 is 1.11 bits per heavy atom. The molecule has 1 unspecified atom stereocenters. The number of esters is 2. The van der Waals surface area contributed by atoms with Gasteiger partial charge in [-0.15, -0.1) is 0 Å². The summed E-state index contributed by atoms with van der Waals surface area (Å²) in [5.74, 6) is -0.586. The largest absolute Gasteiger partial charge is 0.494 e. The standard InChI is InChI=1S/C30H33NO7/c1-6-35-22-13-8-19(9-14-22)28(33)37-24-17-12-21(26(32)27(31)30(3,4)5)18-25(24)38-29(34)20-10-15-23(16-11-20)36-7-2/h8-18,27H,6-7,31H2,1-5H3. The number of nitrogens with two attached hydrogens (primary N) is 1. The maximum Gasteiger partial charge on any atom is 0.343 e. The van der Waals surface area contributed by atoms with Crippen LogP contribution >= 0.6 is 0 Å². The first kappa shape index (κ1) is 28.4. The third-order valence-electron chi connectivity index (χ3n) is 5.65. The Bertz CT molecular complexity index is 1280. The average molecular weight is 520 g/mol. The monoisotopic (exact) mass is 519 g/mol. The Morgan fingerprint density at radius 1 is 0.684 bits per heavy atom. The molecule has 0 saturated carbocycles. The number of carbonyl (C=O) groups excluding carboxylic acids is 3. The normalized spacial score (nSPS) is 11.8. The summed E-state index contributed by atoms with van der Waals surface area (Å²) in [5.41, 5.74) is 6.43. The Kier molecular flexibility index (Phi) is 9.25. The highest BCUT2D eigenvalue weighted by Gasteiger charge is 2.29. The van der Waals surface area contributed by atoms with E-state index in [1.165, 1.54) is 18.2 Å². The van der Waals surface area contributed by atoms with Crippen molar-refractivity contribution in [2.45, 2.75) is 40.7 Å². The highest BCUT2D eigenvalue weighted by atomic mass is 16.6. The van der Waals surface area contributed by atoms with E-state index in [1.54, 1.807) is 48.5 Å². The number of hydrogen-bond donors (Lipinski definition) is 1. The average Bonchev–Trinajstić information content (AvgIpc) is 2.89. The molecule has 1 atom stereocenters. The van der Waals surface area contributed by atoms with Crippen LogP contribution in [0.25, 0.3) is 0 Å². The number of ketones is 1. The molecule has 200 valence electrons. The van der Waals surface area contributed by atoms with Crippen LogP contribution in [0.5, 0.6) is 23.0 Å². The van der Waals surface area contributed by atoms with Gasteiger partial charge in [0.15, 0.2) is 17.3 Å². The lowest BCUT2D eigenvalue weighted by Gasteiger charge is -2.25. The molecule has 0 amide bonds. The summed E-state index contributed by atoms with van der Waals surface area (Å²) in [7, 11) is 0. The van der Waals surface area contributed by atoms with E-state index in [-0.39, 0.29) is 34.0 Å². The molecule has 0 radical (unpaired) electrons. The zero-order valence-electron chi connectivity index (χ0n) is 22.3. The van der Waals surface area contributed by atoms with Crippen molar-refractivity contribution in [1.82, 2.24) is 0 Å². The van der Waals surface area contributed by atoms with Crippen LogP contribution < -0.4 is 24.7 Å². The zero-order valence-corrected chi connectivity index (χ0v) is 22.3. The minimum atomic E-state index is -0.797. The molecule has 0 aromatic heterocycles. The van der Waals surface area contributed by atoms with Gasteiger partial charge in [0.2, 0.25) is 0 Å². The lowest BCUT2D eigenvalue weighted by Crippen LogP contribution is -2.42. The Morgan fingerprint density at radius 3 is 1.53 bits per heavy atom. The molecule has 38 heavy (non-hydrogen) atoms. The molecule has 8 nitrogen and oxygen atoms in total. The Labute approximate surface area is 222 Å². The summed E-state index contributed by atoms with van der Waals surface area (Å²) in [6.07, 6.45) is 0. The quantitative estimate of drug-likeness (QED) is 0.213. The summed E-state index contributed by atoms with van der Waals surface area (Å²) < 4.78 is 22.0. The fourth-order valence-corrected chi connectivity index (χ4v) is 3.42. The molecule has 0 fully saturated rings. The molecule has 3 aromatic carbocycles. The molecule has 0 aliphatic rings. The van der Waals surface area contributed by atoms with Crippen LogP contribution in [0.4, 0.5) is 0 Å². The van der Waals surface area contributed by atoms with E-state index < -0.39 is 23.4 Å². The molecule has 2 N–H and O–H groups in total. The van der Waals surface area contributed by atoms with Gasteiger partial charge in [-0.3, -0.25) is 4.79 Å². The van der Waals surface area contributed by atoms with Gasteiger partial charge in [-0.05, 0) is 86.0 Å². The van der Waals surface area contributed by atoms with Gasteiger partial charge in [0.25, 0.3) is 0 Å². The number of benzene rings is 3. The second-order valence-electron chi connectivity index (χ2n) is 9.56. The molecule has 0 saturated heterocycles. The first-order valence-corrected chi connectivity index (χ1v) is 12.4. The topological polar surface area (TPSA) is 114 Å². The van der Waals surface area contributed by atoms with Crippen molar-refractivity contribution < 1.29 is 33.3 Å². The number of ether oxygens (including phenoxy) is 4. The molecular formula is C30H33NO7. The van der Waals surface area contributed by atoms with Crippen molar-refractivity contribution in [2.24, 2.45) is 11.1 Å². The van der Waals surface area contributed by atoms with Gasteiger partial charge in [-0.1, -0.05) is 20.8 Å². The summed E-state index contributed by atoms with van der Waals surface area (Å²) >= 11 is 0. The lowest BCUT2D eigenvalue weighted by atomic mass is 9.83. The number of rotatable bonds is 10. The molecule has 0 aliphatic carbocycles. The minimum absolute atomic E-state index is 0.0240. The molecule has 0 bridgehead atoms. The van der Waals surface area contributed by atoms with Crippen molar-refractivity contribution in [2.75, 3.05) is 13.2 Å². The fraction of sp³-hybridized carbons (Fsp3) is 0.300. The summed E-state index contributed by atoms with van der Waals surface area (Å²) in [5, 5.41) is 0. The number of Topliss-reactive ketones (excluding diaryl/α,β-unsaturated/α-hetero) is 1. The smallest absolute Gasteiger partial charge is 0.343 e.